The third kappa shape index (κ3) is 1.94. The van der Waals surface area contributed by atoms with Crippen molar-refractivity contribution in [3.8, 4) is 11.5 Å². The van der Waals surface area contributed by atoms with Crippen LogP contribution < -0.4 is 15.2 Å². The van der Waals surface area contributed by atoms with Gasteiger partial charge in [-0.2, -0.15) is 0 Å². The van der Waals surface area contributed by atoms with Crippen molar-refractivity contribution in [2.24, 2.45) is 5.73 Å². The molecule has 15 heavy (non-hydrogen) atoms. The standard InChI is InChI=1S/C10H11BrFNO2/c11-7-5-8-10(15-4-3-14-8)6(1-2-13)9(7)12/h5H,1-4,13H2. The Bertz CT molecular complexity index is 384. The van der Waals surface area contributed by atoms with Gasteiger partial charge in [0.15, 0.2) is 11.5 Å². The van der Waals surface area contributed by atoms with Crippen LogP contribution >= 0.6 is 15.9 Å². The molecule has 0 radical (unpaired) electrons. The second kappa shape index (κ2) is 4.37. The molecular weight excluding hydrogens is 265 g/mol. The molecular formula is C10H11BrFNO2. The highest BCUT2D eigenvalue weighted by atomic mass is 79.9. The fraction of sp³-hybridized carbons (Fsp3) is 0.400. The first-order valence-corrected chi connectivity index (χ1v) is 5.50. The van der Waals surface area contributed by atoms with Crippen LogP contribution in [0.1, 0.15) is 5.56 Å². The number of hydrogen-bond acceptors (Lipinski definition) is 3. The Balaban J connectivity index is 2.52. The maximum Gasteiger partial charge on any atom is 0.167 e. The number of hydrogen-bond donors (Lipinski definition) is 1. The largest absolute Gasteiger partial charge is 0.486 e. The van der Waals surface area contributed by atoms with E-state index in [-0.39, 0.29) is 5.82 Å². The van der Waals surface area contributed by atoms with E-state index in [1.165, 1.54) is 0 Å². The van der Waals surface area contributed by atoms with Gasteiger partial charge >= 0.3 is 0 Å². The summed E-state index contributed by atoms with van der Waals surface area (Å²) in [7, 11) is 0. The Hall–Kier alpha value is -0.810. The highest BCUT2D eigenvalue weighted by Gasteiger charge is 2.21. The molecule has 3 nitrogen and oxygen atoms in total. The molecule has 1 aromatic rings. The van der Waals surface area contributed by atoms with Gasteiger partial charge in [-0.3, -0.25) is 0 Å². The summed E-state index contributed by atoms with van der Waals surface area (Å²) >= 11 is 3.14. The molecule has 0 aliphatic carbocycles. The van der Waals surface area contributed by atoms with Crippen LogP contribution in [0.5, 0.6) is 11.5 Å². The first-order chi connectivity index (χ1) is 7.24. The van der Waals surface area contributed by atoms with Crippen LogP contribution in [-0.2, 0) is 6.42 Å². The summed E-state index contributed by atoms with van der Waals surface area (Å²) in [5, 5.41) is 0. The Kier molecular flexibility index (Phi) is 3.11. The average molecular weight is 276 g/mol. The summed E-state index contributed by atoms with van der Waals surface area (Å²) in [6, 6.07) is 1.59. The van der Waals surface area contributed by atoms with Crippen molar-refractivity contribution >= 4 is 15.9 Å². The zero-order chi connectivity index (χ0) is 10.8. The molecule has 1 heterocycles. The molecule has 1 aliphatic rings. The Morgan fingerprint density at radius 1 is 1.40 bits per heavy atom. The Morgan fingerprint density at radius 3 is 2.87 bits per heavy atom. The minimum atomic E-state index is -0.315. The third-order valence-electron chi connectivity index (χ3n) is 2.21. The summed E-state index contributed by atoms with van der Waals surface area (Å²) in [4.78, 5) is 0. The molecule has 82 valence electrons. The van der Waals surface area contributed by atoms with Gasteiger partial charge in [0, 0.05) is 11.6 Å². The Labute approximate surface area is 95.5 Å². The molecule has 0 unspecified atom stereocenters. The summed E-state index contributed by atoms with van der Waals surface area (Å²) < 4.78 is 24.9. The van der Waals surface area contributed by atoms with E-state index in [0.29, 0.717) is 47.7 Å². The molecule has 0 aromatic heterocycles. The number of halogens is 2. The van der Waals surface area contributed by atoms with Crippen LogP contribution in [0.3, 0.4) is 0 Å². The van der Waals surface area contributed by atoms with Crippen LogP contribution in [0.15, 0.2) is 10.5 Å². The topological polar surface area (TPSA) is 44.5 Å². The van der Waals surface area contributed by atoms with Crippen LogP contribution in [0.4, 0.5) is 4.39 Å². The Morgan fingerprint density at radius 2 is 2.13 bits per heavy atom. The lowest BCUT2D eigenvalue weighted by Gasteiger charge is -2.22. The lowest BCUT2D eigenvalue weighted by atomic mass is 10.1. The third-order valence-corrected chi connectivity index (χ3v) is 2.79. The van der Waals surface area contributed by atoms with Crippen molar-refractivity contribution < 1.29 is 13.9 Å². The fourth-order valence-electron chi connectivity index (χ4n) is 1.56. The fourth-order valence-corrected chi connectivity index (χ4v) is 2.01. The van der Waals surface area contributed by atoms with E-state index in [9.17, 15) is 4.39 Å². The quantitative estimate of drug-likeness (QED) is 0.896. The maximum atomic E-state index is 13.7. The lowest BCUT2D eigenvalue weighted by Crippen LogP contribution is -2.18. The van der Waals surface area contributed by atoms with Gasteiger partial charge in [-0.25, -0.2) is 4.39 Å². The van der Waals surface area contributed by atoms with Gasteiger partial charge < -0.3 is 15.2 Å². The van der Waals surface area contributed by atoms with Gasteiger partial charge in [0.2, 0.25) is 0 Å². The lowest BCUT2D eigenvalue weighted by molar-refractivity contribution is 0.168. The highest BCUT2D eigenvalue weighted by molar-refractivity contribution is 9.10. The van der Waals surface area contributed by atoms with E-state index in [0.717, 1.165) is 0 Å². The van der Waals surface area contributed by atoms with E-state index in [1.54, 1.807) is 6.07 Å². The van der Waals surface area contributed by atoms with Crippen LogP contribution in [-0.4, -0.2) is 19.8 Å². The van der Waals surface area contributed by atoms with Gasteiger partial charge in [-0.15, -0.1) is 0 Å². The summed E-state index contributed by atoms with van der Waals surface area (Å²) in [5.41, 5.74) is 5.92. The molecule has 0 amide bonds. The molecule has 2 N–H and O–H groups in total. The second-order valence-corrected chi connectivity index (χ2v) is 4.07. The second-order valence-electron chi connectivity index (χ2n) is 3.21. The summed E-state index contributed by atoms with van der Waals surface area (Å²) in [6.45, 7) is 1.32. The van der Waals surface area contributed by atoms with Crippen molar-refractivity contribution in [2.75, 3.05) is 19.8 Å². The predicted octanol–water partition coefficient (Wildman–Crippen LogP) is 1.86. The van der Waals surface area contributed by atoms with Crippen molar-refractivity contribution in [3.63, 3.8) is 0 Å². The molecule has 1 aliphatic heterocycles. The number of nitrogens with two attached hydrogens (primary N) is 1. The highest BCUT2D eigenvalue weighted by Crippen LogP contribution is 2.39. The van der Waals surface area contributed by atoms with Gasteiger partial charge in [-0.05, 0) is 28.9 Å². The van der Waals surface area contributed by atoms with Crippen molar-refractivity contribution in [1.29, 1.82) is 0 Å². The molecule has 0 fully saturated rings. The molecule has 2 rings (SSSR count). The summed E-state index contributed by atoms with van der Waals surface area (Å²) in [5.74, 6) is 0.759. The van der Waals surface area contributed by atoms with Crippen LogP contribution in [0, 0.1) is 5.82 Å². The van der Waals surface area contributed by atoms with Gasteiger partial charge in [0.1, 0.15) is 19.0 Å². The average Bonchev–Trinajstić information content (AvgIpc) is 2.25. The SMILES string of the molecule is NCCc1c(F)c(Br)cc2c1OCCO2. The normalized spacial score (nSPS) is 14.1. The predicted molar refractivity (Wildman–Crippen MR) is 57.8 cm³/mol. The molecule has 0 saturated carbocycles. The van der Waals surface area contributed by atoms with Crippen LogP contribution in [0.25, 0.3) is 0 Å². The van der Waals surface area contributed by atoms with Crippen molar-refractivity contribution in [1.82, 2.24) is 0 Å². The molecule has 0 spiro atoms. The monoisotopic (exact) mass is 275 g/mol. The number of rotatable bonds is 2. The minimum absolute atomic E-state index is 0.315. The van der Waals surface area contributed by atoms with E-state index in [4.69, 9.17) is 15.2 Å². The smallest absolute Gasteiger partial charge is 0.167 e. The van der Waals surface area contributed by atoms with Crippen molar-refractivity contribution in [2.45, 2.75) is 6.42 Å². The zero-order valence-electron chi connectivity index (χ0n) is 8.06. The molecule has 0 atom stereocenters. The minimum Gasteiger partial charge on any atom is -0.486 e. The summed E-state index contributed by atoms with van der Waals surface area (Å²) in [6.07, 6.45) is 0.441. The molecule has 1 aromatic carbocycles. The van der Waals surface area contributed by atoms with E-state index < -0.39 is 0 Å². The van der Waals surface area contributed by atoms with Crippen LogP contribution in [0.2, 0.25) is 0 Å². The van der Waals surface area contributed by atoms with Crippen molar-refractivity contribution in [3.05, 3.63) is 21.9 Å². The van der Waals surface area contributed by atoms with Gasteiger partial charge in [0.05, 0.1) is 4.47 Å². The number of benzene rings is 1. The maximum absolute atomic E-state index is 13.7. The van der Waals surface area contributed by atoms with E-state index >= 15 is 0 Å². The van der Waals surface area contributed by atoms with Gasteiger partial charge in [-0.1, -0.05) is 0 Å². The van der Waals surface area contributed by atoms with E-state index in [1.807, 2.05) is 0 Å². The molecule has 0 saturated heterocycles. The first-order valence-electron chi connectivity index (χ1n) is 4.70. The zero-order valence-corrected chi connectivity index (χ0v) is 9.64. The number of fused-ring (bicyclic) bond motifs is 1. The van der Waals surface area contributed by atoms with Gasteiger partial charge in [0.25, 0.3) is 0 Å². The molecule has 0 bridgehead atoms. The number of ether oxygens (including phenoxy) is 2. The molecule has 5 heteroatoms. The first kappa shape index (κ1) is 10.7. The van der Waals surface area contributed by atoms with E-state index in [2.05, 4.69) is 15.9 Å².